The number of carbonyl (C=O) groups is 2. The smallest absolute Gasteiger partial charge is 0.348 e. The van der Waals surface area contributed by atoms with Crippen molar-refractivity contribution in [2.75, 3.05) is 19.8 Å². The molecule has 0 bridgehead atoms. The summed E-state index contributed by atoms with van der Waals surface area (Å²) in [5.41, 5.74) is 1.26. The van der Waals surface area contributed by atoms with Gasteiger partial charge in [-0.2, -0.15) is 0 Å². The van der Waals surface area contributed by atoms with Crippen LogP contribution in [0.25, 0.3) is 0 Å². The molecule has 0 fully saturated rings. The van der Waals surface area contributed by atoms with E-state index in [0.717, 1.165) is 19.3 Å². The summed E-state index contributed by atoms with van der Waals surface area (Å²) in [4.78, 5) is 26.2. The second-order valence-electron chi connectivity index (χ2n) is 7.00. The van der Waals surface area contributed by atoms with Crippen LogP contribution < -0.4 is 14.8 Å². The van der Waals surface area contributed by atoms with Gasteiger partial charge in [0.25, 0.3) is 5.91 Å². The van der Waals surface area contributed by atoms with Crippen LogP contribution in [0.2, 0.25) is 0 Å². The summed E-state index contributed by atoms with van der Waals surface area (Å²) in [5.74, 6) is 0.582. The average Bonchev–Trinajstić information content (AvgIpc) is 3.01. The van der Waals surface area contributed by atoms with Crippen molar-refractivity contribution in [3.63, 3.8) is 0 Å². The molecule has 1 atom stereocenters. The van der Waals surface area contributed by atoms with E-state index >= 15 is 0 Å². The van der Waals surface area contributed by atoms with Gasteiger partial charge in [0, 0.05) is 4.88 Å². The highest BCUT2D eigenvalue weighted by molar-refractivity contribution is 7.14. The van der Waals surface area contributed by atoms with Crippen molar-refractivity contribution < 1.29 is 23.8 Å². The van der Waals surface area contributed by atoms with Gasteiger partial charge in [0.05, 0.1) is 6.54 Å². The van der Waals surface area contributed by atoms with Crippen molar-refractivity contribution in [1.82, 2.24) is 5.32 Å². The molecule has 0 unspecified atom stereocenters. The number of nitrogens with one attached hydrogen (secondary N) is 1. The molecule has 1 N–H and O–H groups in total. The molecule has 1 aromatic heterocycles. The quantitative estimate of drug-likeness (QED) is 0.616. The molecule has 6 nitrogen and oxygen atoms in total. The molecule has 1 aromatic carbocycles. The number of esters is 1. The number of ether oxygens (including phenoxy) is 3. The maximum atomic E-state index is 12.3. The lowest BCUT2D eigenvalue weighted by Crippen LogP contribution is -2.42. The van der Waals surface area contributed by atoms with Crippen molar-refractivity contribution in [2.24, 2.45) is 0 Å². The molecule has 0 saturated heterocycles. The van der Waals surface area contributed by atoms with Crippen LogP contribution in [0.3, 0.4) is 0 Å². The van der Waals surface area contributed by atoms with Gasteiger partial charge in [0.2, 0.25) is 0 Å². The predicted molar refractivity (Wildman–Crippen MR) is 105 cm³/mol. The standard InChI is InChI=1S/C21H23NO5S/c23-20(22-11-15-12-25-16-7-4-5-8-17(16)27-15)13-26-21(24)19-10-14-6-2-1-3-9-18(14)28-19/h4-5,7-8,10,15H,1-3,6,9,11-13H2,(H,22,23)/t15-/m0/s1. The van der Waals surface area contributed by atoms with E-state index < -0.39 is 5.97 Å². The largest absolute Gasteiger partial charge is 0.486 e. The monoisotopic (exact) mass is 401 g/mol. The molecule has 0 saturated carbocycles. The number of aryl methyl sites for hydroxylation is 2. The van der Waals surface area contributed by atoms with E-state index in [4.69, 9.17) is 14.2 Å². The van der Waals surface area contributed by atoms with Gasteiger partial charge in [0.15, 0.2) is 18.1 Å². The molecule has 2 heterocycles. The van der Waals surface area contributed by atoms with E-state index in [9.17, 15) is 9.59 Å². The summed E-state index contributed by atoms with van der Waals surface area (Å²) in [6, 6.07) is 9.34. The Morgan fingerprint density at radius 2 is 1.96 bits per heavy atom. The topological polar surface area (TPSA) is 73.9 Å². The zero-order valence-electron chi connectivity index (χ0n) is 15.6. The van der Waals surface area contributed by atoms with E-state index in [1.54, 1.807) is 0 Å². The van der Waals surface area contributed by atoms with Gasteiger partial charge in [-0.05, 0) is 49.4 Å². The van der Waals surface area contributed by atoms with Gasteiger partial charge in [-0.15, -0.1) is 11.3 Å². The van der Waals surface area contributed by atoms with Gasteiger partial charge in [-0.1, -0.05) is 18.6 Å². The lowest BCUT2D eigenvalue weighted by atomic mass is 10.1. The molecule has 7 heteroatoms. The third-order valence-electron chi connectivity index (χ3n) is 4.88. The van der Waals surface area contributed by atoms with Gasteiger partial charge in [-0.3, -0.25) is 4.79 Å². The van der Waals surface area contributed by atoms with Crippen LogP contribution in [-0.4, -0.2) is 37.7 Å². The number of hydrogen-bond acceptors (Lipinski definition) is 6. The zero-order chi connectivity index (χ0) is 19.3. The number of para-hydroxylation sites is 2. The molecule has 148 valence electrons. The molecule has 2 aromatic rings. The first kappa shape index (κ1) is 18.8. The molecule has 1 amide bonds. The van der Waals surface area contributed by atoms with E-state index in [1.165, 1.54) is 34.6 Å². The molecule has 1 aliphatic heterocycles. The van der Waals surface area contributed by atoms with Crippen LogP contribution >= 0.6 is 11.3 Å². The van der Waals surface area contributed by atoms with Crippen LogP contribution in [0.5, 0.6) is 11.5 Å². The Morgan fingerprint density at radius 1 is 1.14 bits per heavy atom. The molecule has 0 spiro atoms. The van der Waals surface area contributed by atoms with Crippen LogP contribution in [0.4, 0.5) is 0 Å². The maximum Gasteiger partial charge on any atom is 0.348 e. The first-order chi connectivity index (χ1) is 13.7. The molecular formula is C21H23NO5S. The Balaban J connectivity index is 1.22. The summed E-state index contributed by atoms with van der Waals surface area (Å²) in [7, 11) is 0. The Labute approximate surface area is 167 Å². The maximum absolute atomic E-state index is 12.3. The van der Waals surface area contributed by atoms with Crippen LogP contribution in [0.1, 0.15) is 39.4 Å². The summed E-state index contributed by atoms with van der Waals surface area (Å²) in [6.07, 6.45) is 5.34. The number of carbonyl (C=O) groups excluding carboxylic acids is 2. The minimum Gasteiger partial charge on any atom is -0.486 e. The summed E-state index contributed by atoms with van der Waals surface area (Å²) < 4.78 is 16.6. The van der Waals surface area contributed by atoms with Gasteiger partial charge >= 0.3 is 5.97 Å². The van der Waals surface area contributed by atoms with Crippen molar-refractivity contribution in [3.8, 4) is 11.5 Å². The van der Waals surface area contributed by atoms with Crippen molar-refractivity contribution in [1.29, 1.82) is 0 Å². The fourth-order valence-corrected chi connectivity index (χ4v) is 4.56. The third-order valence-corrected chi connectivity index (χ3v) is 6.09. The Bertz CT molecular complexity index is 839. The van der Waals surface area contributed by atoms with Crippen LogP contribution in [0, 0.1) is 0 Å². The van der Waals surface area contributed by atoms with E-state index in [1.807, 2.05) is 30.3 Å². The number of amides is 1. The highest BCUT2D eigenvalue weighted by atomic mass is 32.1. The van der Waals surface area contributed by atoms with Crippen molar-refractivity contribution >= 4 is 23.2 Å². The number of hydrogen-bond donors (Lipinski definition) is 1. The van der Waals surface area contributed by atoms with Gasteiger partial charge in [0.1, 0.15) is 17.6 Å². The Kier molecular flexibility index (Phi) is 5.81. The summed E-state index contributed by atoms with van der Waals surface area (Å²) >= 11 is 1.50. The molecule has 0 radical (unpaired) electrons. The van der Waals surface area contributed by atoms with E-state index in [0.29, 0.717) is 23.0 Å². The highest BCUT2D eigenvalue weighted by Gasteiger charge is 2.22. The zero-order valence-corrected chi connectivity index (χ0v) is 16.4. The fraction of sp³-hybridized carbons (Fsp3) is 0.429. The van der Waals surface area contributed by atoms with Crippen LogP contribution in [0.15, 0.2) is 30.3 Å². The Morgan fingerprint density at radius 3 is 2.86 bits per heavy atom. The Hall–Kier alpha value is -2.54. The lowest BCUT2D eigenvalue weighted by molar-refractivity contribution is -0.124. The highest BCUT2D eigenvalue weighted by Crippen LogP contribution is 2.31. The predicted octanol–water partition coefficient (Wildman–Crippen LogP) is 3.13. The second-order valence-corrected chi connectivity index (χ2v) is 8.13. The number of thiophene rings is 1. The van der Waals surface area contributed by atoms with Crippen molar-refractivity contribution in [2.45, 2.75) is 38.2 Å². The first-order valence-corrected chi connectivity index (χ1v) is 10.4. The molecule has 28 heavy (non-hydrogen) atoms. The summed E-state index contributed by atoms with van der Waals surface area (Å²) in [6.45, 7) is 0.349. The minimum absolute atomic E-state index is 0.275. The lowest BCUT2D eigenvalue weighted by Gasteiger charge is -2.26. The number of benzene rings is 1. The third kappa shape index (κ3) is 4.47. The first-order valence-electron chi connectivity index (χ1n) is 9.63. The van der Waals surface area contributed by atoms with Gasteiger partial charge in [-0.25, -0.2) is 4.79 Å². The van der Waals surface area contributed by atoms with E-state index in [-0.39, 0.29) is 25.2 Å². The molecule has 1 aliphatic carbocycles. The molecular weight excluding hydrogens is 378 g/mol. The molecule has 4 rings (SSSR count). The second kappa shape index (κ2) is 8.65. The van der Waals surface area contributed by atoms with Gasteiger partial charge < -0.3 is 19.5 Å². The summed E-state index contributed by atoms with van der Waals surface area (Å²) in [5, 5.41) is 2.73. The fourth-order valence-electron chi connectivity index (χ4n) is 3.41. The average molecular weight is 401 g/mol. The van der Waals surface area contributed by atoms with Crippen molar-refractivity contribution in [3.05, 3.63) is 45.6 Å². The van der Waals surface area contributed by atoms with Crippen LogP contribution in [-0.2, 0) is 22.4 Å². The SMILES string of the molecule is O=C(COC(=O)c1cc2c(s1)CCCCC2)NC[C@H]1COc2ccccc2O1. The molecule has 2 aliphatic rings. The number of fused-ring (bicyclic) bond motifs is 2. The van der Waals surface area contributed by atoms with E-state index in [2.05, 4.69) is 5.32 Å². The number of rotatable bonds is 5. The minimum atomic E-state index is -0.431. The normalized spacial score (nSPS) is 17.9.